The first-order valence-corrected chi connectivity index (χ1v) is 6.26. The van der Waals surface area contributed by atoms with E-state index in [9.17, 15) is 0 Å². The van der Waals surface area contributed by atoms with Crippen molar-refractivity contribution in [2.24, 2.45) is 0 Å². The average Bonchev–Trinajstić information content (AvgIpc) is 2.64. The number of halogens is 1. The van der Waals surface area contributed by atoms with Crippen molar-refractivity contribution in [2.75, 3.05) is 11.9 Å². The Morgan fingerprint density at radius 2 is 2.17 bits per heavy atom. The van der Waals surface area contributed by atoms with Gasteiger partial charge in [-0.2, -0.15) is 10.2 Å². The molecule has 0 amide bonds. The smallest absolute Gasteiger partial charge is 0.153 e. The molecule has 1 N–H and O–H groups in total. The summed E-state index contributed by atoms with van der Waals surface area (Å²) in [5.41, 5.74) is 3.15. The molecule has 2 rings (SSSR count). The van der Waals surface area contributed by atoms with Crippen LogP contribution in [0.1, 0.15) is 17.8 Å². The molecule has 0 fully saturated rings. The van der Waals surface area contributed by atoms with Crippen LogP contribution in [-0.4, -0.2) is 26.5 Å². The normalized spacial score (nSPS) is 10.6. The number of nitrogens with one attached hydrogen (secondary N) is 1. The summed E-state index contributed by atoms with van der Waals surface area (Å²) in [6, 6.07) is 3.85. The highest BCUT2D eigenvalue weighted by molar-refractivity contribution is 6.29. The van der Waals surface area contributed by atoms with Gasteiger partial charge in [0.2, 0.25) is 0 Å². The quantitative estimate of drug-likeness (QED) is 0.844. The molecule has 5 nitrogen and oxygen atoms in total. The van der Waals surface area contributed by atoms with Crippen molar-refractivity contribution in [3.05, 3.63) is 34.9 Å². The van der Waals surface area contributed by atoms with E-state index < -0.39 is 0 Å². The van der Waals surface area contributed by atoms with E-state index in [1.54, 1.807) is 12.3 Å². The summed E-state index contributed by atoms with van der Waals surface area (Å²) in [7, 11) is 0. The van der Waals surface area contributed by atoms with Crippen LogP contribution in [0.4, 0.5) is 5.69 Å². The van der Waals surface area contributed by atoms with E-state index in [-0.39, 0.29) is 0 Å². The van der Waals surface area contributed by atoms with Crippen molar-refractivity contribution in [1.82, 2.24) is 20.0 Å². The molecule has 96 valence electrons. The Morgan fingerprint density at radius 1 is 1.33 bits per heavy atom. The highest BCUT2D eigenvalue weighted by Gasteiger charge is 2.00. The largest absolute Gasteiger partial charge is 0.384 e. The van der Waals surface area contributed by atoms with Gasteiger partial charge in [-0.05, 0) is 26.3 Å². The SMILES string of the molecule is Cc1cc(C)n(CCCNc2cnnc(Cl)c2)n1. The summed E-state index contributed by atoms with van der Waals surface area (Å²) >= 11 is 5.75. The van der Waals surface area contributed by atoms with Crippen LogP contribution in [-0.2, 0) is 6.54 Å². The average molecular weight is 266 g/mol. The molecular formula is C12H16ClN5. The lowest BCUT2D eigenvalue weighted by Crippen LogP contribution is -2.09. The molecule has 0 atom stereocenters. The van der Waals surface area contributed by atoms with Gasteiger partial charge in [0.05, 0.1) is 17.6 Å². The van der Waals surface area contributed by atoms with E-state index in [4.69, 9.17) is 11.6 Å². The predicted octanol–water partition coefficient (Wildman–Crippen LogP) is 2.45. The van der Waals surface area contributed by atoms with E-state index >= 15 is 0 Å². The lowest BCUT2D eigenvalue weighted by atomic mass is 10.3. The lowest BCUT2D eigenvalue weighted by Gasteiger charge is -2.07. The van der Waals surface area contributed by atoms with Crippen LogP contribution in [0.2, 0.25) is 5.15 Å². The van der Waals surface area contributed by atoms with Gasteiger partial charge in [0.25, 0.3) is 0 Å². The molecule has 0 aromatic carbocycles. The Bertz CT molecular complexity index is 523. The fourth-order valence-corrected chi connectivity index (χ4v) is 1.96. The maximum atomic E-state index is 5.75. The Labute approximate surface area is 111 Å². The molecule has 0 aliphatic heterocycles. The van der Waals surface area contributed by atoms with E-state index in [0.717, 1.165) is 30.9 Å². The van der Waals surface area contributed by atoms with Gasteiger partial charge in [0, 0.05) is 24.8 Å². The van der Waals surface area contributed by atoms with Crippen molar-refractivity contribution in [3.8, 4) is 0 Å². The Kier molecular flexibility index (Phi) is 4.15. The summed E-state index contributed by atoms with van der Waals surface area (Å²) < 4.78 is 2.02. The van der Waals surface area contributed by atoms with Gasteiger partial charge in [-0.15, -0.1) is 5.10 Å². The van der Waals surface area contributed by atoms with Crippen molar-refractivity contribution in [3.63, 3.8) is 0 Å². The molecule has 2 aromatic heterocycles. The minimum atomic E-state index is 0.401. The summed E-state index contributed by atoms with van der Waals surface area (Å²) in [6.07, 6.45) is 2.65. The number of hydrogen-bond acceptors (Lipinski definition) is 4. The van der Waals surface area contributed by atoms with Crippen LogP contribution in [0.25, 0.3) is 0 Å². The van der Waals surface area contributed by atoms with Crippen molar-refractivity contribution >= 4 is 17.3 Å². The fraction of sp³-hybridized carbons (Fsp3) is 0.417. The minimum absolute atomic E-state index is 0.401. The van der Waals surface area contributed by atoms with E-state index in [1.165, 1.54) is 5.69 Å². The number of aryl methyl sites for hydroxylation is 3. The van der Waals surface area contributed by atoms with Gasteiger partial charge in [-0.3, -0.25) is 4.68 Å². The maximum absolute atomic E-state index is 5.75. The van der Waals surface area contributed by atoms with Crippen LogP contribution in [0.5, 0.6) is 0 Å². The number of rotatable bonds is 5. The number of hydrogen-bond donors (Lipinski definition) is 1. The van der Waals surface area contributed by atoms with Gasteiger partial charge in [0.1, 0.15) is 0 Å². The monoisotopic (exact) mass is 265 g/mol. The highest BCUT2D eigenvalue weighted by atomic mass is 35.5. The third-order valence-corrected chi connectivity index (χ3v) is 2.79. The number of nitrogens with zero attached hydrogens (tertiary/aromatic N) is 4. The first-order valence-electron chi connectivity index (χ1n) is 5.88. The van der Waals surface area contributed by atoms with Crippen LogP contribution < -0.4 is 5.32 Å². The zero-order valence-corrected chi connectivity index (χ0v) is 11.3. The predicted molar refractivity (Wildman–Crippen MR) is 71.8 cm³/mol. The molecule has 0 aliphatic carbocycles. The molecule has 6 heteroatoms. The topological polar surface area (TPSA) is 55.6 Å². The summed E-state index contributed by atoms with van der Waals surface area (Å²) in [5.74, 6) is 0. The lowest BCUT2D eigenvalue weighted by molar-refractivity contribution is 0.573. The Hall–Kier alpha value is -1.62. The second-order valence-electron chi connectivity index (χ2n) is 4.20. The first-order chi connectivity index (χ1) is 8.65. The maximum Gasteiger partial charge on any atom is 0.153 e. The molecule has 2 heterocycles. The second-order valence-corrected chi connectivity index (χ2v) is 4.58. The minimum Gasteiger partial charge on any atom is -0.384 e. The standard InChI is InChI=1S/C12H16ClN5/c1-9-6-10(2)18(17-9)5-3-4-14-11-7-12(13)16-15-8-11/h6-8H,3-5H2,1-2H3,(H,14,16). The third kappa shape index (κ3) is 3.43. The van der Waals surface area contributed by atoms with Gasteiger partial charge >= 0.3 is 0 Å². The van der Waals surface area contributed by atoms with E-state index in [2.05, 4.69) is 33.6 Å². The molecule has 0 spiro atoms. The molecule has 0 bridgehead atoms. The molecule has 0 radical (unpaired) electrons. The van der Waals surface area contributed by atoms with Gasteiger partial charge in [-0.25, -0.2) is 0 Å². The number of aromatic nitrogens is 4. The molecule has 0 aliphatic rings. The molecule has 0 saturated carbocycles. The zero-order chi connectivity index (χ0) is 13.0. The first kappa shape index (κ1) is 12.8. The van der Waals surface area contributed by atoms with Crippen LogP contribution in [0.15, 0.2) is 18.3 Å². The van der Waals surface area contributed by atoms with E-state index in [1.807, 2.05) is 11.6 Å². The number of anilines is 1. The van der Waals surface area contributed by atoms with Gasteiger partial charge in [0.15, 0.2) is 5.15 Å². The van der Waals surface area contributed by atoms with Gasteiger partial charge in [-0.1, -0.05) is 11.6 Å². The van der Waals surface area contributed by atoms with Crippen molar-refractivity contribution in [1.29, 1.82) is 0 Å². The zero-order valence-electron chi connectivity index (χ0n) is 10.5. The summed E-state index contributed by atoms with van der Waals surface area (Å²) in [6.45, 7) is 5.83. The summed E-state index contributed by atoms with van der Waals surface area (Å²) in [4.78, 5) is 0. The van der Waals surface area contributed by atoms with Crippen LogP contribution in [0.3, 0.4) is 0 Å². The van der Waals surface area contributed by atoms with E-state index in [0.29, 0.717) is 5.15 Å². The van der Waals surface area contributed by atoms with Crippen LogP contribution in [0, 0.1) is 13.8 Å². The molecule has 0 unspecified atom stereocenters. The fourth-order valence-electron chi connectivity index (χ4n) is 1.80. The molecule has 2 aromatic rings. The third-order valence-electron chi connectivity index (χ3n) is 2.60. The molecular weight excluding hydrogens is 250 g/mol. The van der Waals surface area contributed by atoms with Crippen LogP contribution >= 0.6 is 11.6 Å². The van der Waals surface area contributed by atoms with Crippen molar-refractivity contribution in [2.45, 2.75) is 26.8 Å². The second kappa shape index (κ2) is 5.82. The highest BCUT2D eigenvalue weighted by Crippen LogP contribution is 2.10. The van der Waals surface area contributed by atoms with Gasteiger partial charge < -0.3 is 5.32 Å². The van der Waals surface area contributed by atoms with Crippen molar-refractivity contribution < 1.29 is 0 Å². The Morgan fingerprint density at radius 3 is 2.83 bits per heavy atom. The molecule has 0 saturated heterocycles. The Balaban J connectivity index is 1.78. The molecule has 18 heavy (non-hydrogen) atoms. The summed E-state index contributed by atoms with van der Waals surface area (Å²) in [5, 5.41) is 15.5.